The van der Waals surface area contributed by atoms with E-state index in [1.54, 1.807) is 18.3 Å². The van der Waals surface area contributed by atoms with Crippen molar-refractivity contribution in [2.45, 2.75) is 6.61 Å². The van der Waals surface area contributed by atoms with Crippen molar-refractivity contribution in [3.63, 3.8) is 0 Å². The van der Waals surface area contributed by atoms with Crippen molar-refractivity contribution in [1.29, 1.82) is 0 Å². The van der Waals surface area contributed by atoms with Crippen LogP contribution in [-0.2, 0) is 6.61 Å². The summed E-state index contributed by atoms with van der Waals surface area (Å²) < 4.78 is 0. The molecule has 0 radical (unpaired) electrons. The van der Waals surface area contributed by atoms with Gasteiger partial charge in [-0.15, -0.1) is 12.4 Å². The van der Waals surface area contributed by atoms with Crippen LogP contribution in [0.2, 0.25) is 0 Å². The summed E-state index contributed by atoms with van der Waals surface area (Å²) in [4.78, 5) is 3.82. The van der Waals surface area contributed by atoms with E-state index in [9.17, 15) is 0 Å². The van der Waals surface area contributed by atoms with E-state index >= 15 is 0 Å². The zero-order chi connectivity index (χ0) is 6.69. The molecular formula is C6H9ClN2O. The Morgan fingerprint density at radius 2 is 2.30 bits per heavy atom. The predicted molar refractivity (Wildman–Crippen MR) is 41.8 cm³/mol. The van der Waals surface area contributed by atoms with Gasteiger partial charge in [-0.25, -0.2) is 0 Å². The number of pyridine rings is 1. The van der Waals surface area contributed by atoms with E-state index < -0.39 is 0 Å². The lowest BCUT2D eigenvalue weighted by molar-refractivity contribution is 0.277. The Hall–Kier alpha value is -0.800. The lowest BCUT2D eigenvalue weighted by Crippen LogP contribution is -1.95. The van der Waals surface area contributed by atoms with Gasteiger partial charge < -0.3 is 10.8 Å². The summed E-state index contributed by atoms with van der Waals surface area (Å²) >= 11 is 0. The molecule has 0 spiro atoms. The topological polar surface area (TPSA) is 59.1 Å². The van der Waals surface area contributed by atoms with Crippen molar-refractivity contribution in [3.8, 4) is 0 Å². The number of nitrogens with zero attached hydrogens (tertiary/aromatic N) is 1. The number of anilines is 1. The molecule has 0 aliphatic rings. The number of halogens is 1. The first-order valence-corrected chi connectivity index (χ1v) is 2.65. The number of aliphatic hydroxyl groups is 1. The minimum Gasteiger partial charge on any atom is -0.397 e. The van der Waals surface area contributed by atoms with Gasteiger partial charge in [0.2, 0.25) is 0 Å². The number of rotatable bonds is 1. The zero-order valence-corrected chi connectivity index (χ0v) is 6.14. The molecule has 56 valence electrons. The second-order valence-electron chi connectivity index (χ2n) is 1.70. The molecule has 0 fully saturated rings. The Morgan fingerprint density at radius 1 is 1.60 bits per heavy atom. The van der Waals surface area contributed by atoms with Crippen LogP contribution in [-0.4, -0.2) is 10.1 Å². The Labute approximate surface area is 65.3 Å². The molecule has 4 heteroatoms. The fourth-order valence-electron chi connectivity index (χ4n) is 0.583. The Kier molecular flexibility index (Phi) is 3.76. The third kappa shape index (κ3) is 1.86. The van der Waals surface area contributed by atoms with E-state index in [1.807, 2.05) is 0 Å². The van der Waals surface area contributed by atoms with Crippen LogP contribution in [0.5, 0.6) is 0 Å². The van der Waals surface area contributed by atoms with Crippen LogP contribution in [0.1, 0.15) is 5.69 Å². The normalized spacial score (nSPS) is 8.50. The number of hydrogen-bond donors (Lipinski definition) is 2. The van der Waals surface area contributed by atoms with Crippen molar-refractivity contribution in [3.05, 3.63) is 24.0 Å². The minimum atomic E-state index is -0.0906. The summed E-state index contributed by atoms with van der Waals surface area (Å²) in [7, 11) is 0. The molecule has 0 aromatic carbocycles. The fourth-order valence-corrected chi connectivity index (χ4v) is 0.583. The van der Waals surface area contributed by atoms with Crippen LogP contribution in [0.4, 0.5) is 5.69 Å². The number of aliphatic hydroxyl groups excluding tert-OH is 1. The molecule has 1 aromatic heterocycles. The van der Waals surface area contributed by atoms with Gasteiger partial charge in [0.05, 0.1) is 18.0 Å². The maximum Gasteiger partial charge on any atom is 0.0886 e. The molecule has 3 N–H and O–H groups in total. The van der Waals surface area contributed by atoms with Crippen molar-refractivity contribution in [2.24, 2.45) is 0 Å². The second kappa shape index (κ2) is 4.09. The van der Waals surface area contributed by atoms with E-state index in [0.717, 1.165) is 0 Å². The minimum absolute atomic E-state index is 0. The van der Waals surface area contributed by atoms with Gasteiger partial charge in [-0.2, -0.15) is 0 Å². The van der Waals surface area contributed by atoms with Gasteiger partial charge >= 0.3 is 0 Å². The highest BCUT2D eigenvalue weighted by Gasteiger charge is 1.93. The summed E-state index contributed by atoms with van der Waals surface area (Å²) in [6.07, 6.45) is 1.60. The first-order chi connectivity index (χ1) is 4.34. The Morgan fingerprint density at radius 3 is 2.70 bits per heavy atom. The molecule has 3 nitrogen and oxygen atoms in total. The first-order valence-electron chi connectivity index (χ1n) is 2.65. The van der Waals surface area contributed by atoms with Crippen LogP contribution >= 0.6 is 12.4 Å². The van der Waals surface area contributed by atoms with Crippen molar-refractivity contribution < 1.29 is 5.11 Å². The van der Waals surface area contributed by atoms with Crippen LogP contribution in [0.3, 0.4) is 0 Å². The summed E-state index contributed by atoms with van der Waals surface area (Å²) in [6, 6.07) is 3.44. The number of hydrogen-bond acceptors (Lipinski definition) is 3. The van der Waals surface area contributed by atoms with Gasteiger partial charge in [-0.1, -0.05) is 0 Å². The molecule has 0 unspecified atom stereocenters. The molecular weight excluding hydrogens is 152 g/mol. The third-order valence-corrected chi connectivity index (χ3v) is 1.08. The smallest absolute Gasteiger partial charge is 0.0886 e. The average molecular weight is 161 g/mol. The fraction of sp³-hybridized carbons (Fsp3) is 0.167. The SMILES string of the molecule is Cl.Nc1cccnc1CO. The summed E-state index contributed by atoms with van der Waals surface area (Å²) in [6.45, 7) is -0.0906. The number of nitrogens with two attached hydrogens (primary N) is 1. The van der Waals surface area contributed by atoms with Crippen LogP contribution in [0.15, 0.2) is 18.3 Å². The molecule has 0 aliphatic heterocycles. The second-order valence-corrected chi connectivity index (χ2v) is 1.70. The Bertz CT molecular complexity index is 205. The average Bonchev–Trinajstić information content (AvgIpc) is 1.89. The monoisotopic (exact) mass is 160 g/mol. The third-order valence-electron chi connectivity index (χ3n) is 1.08. The maximum absolute atomic E-state index is 8.58. The first kappa shape index (κ1) is 9.20. The molecule has 0 aliphatic carbocycles. The van der Waals surface area contributed by atoms with E-state index in [-0.39, 0.29) is 19.0 Å². The van der Waals surface area contributed by atoms with Crippen molar-refractivity contribution in [1.82, 2.24) is 4.98 Å². The highest BCUT2D eigenvalue weighted by atomic mass is 35.5. The highest BCUT2D eigenvalue weighted by Crippen LogP contribution is 2.04. The maximum atomic E-state index is 8.58. The van der Waals surface area contributed by atoms with Gasteiger partial charge in [0.15, 0.2) is 0 Å². The molecule has 0 saturated heterocycles. The van der Waals surface area contributed by atoms with Gasteiger partial charge in [-0.05, 0) is 12.1 Å². The molecule has 1 aromatic rings. The van der Waals surface area contributed by atoms with Gasteiger partial charge in [0, 0.05) is 6.20 Å². The van der Waals surface area contributed by atoms with Crippen LogP contribution in [0.25, 0.3) is 0 Å². The summed E-state index contributed by atoms with van der Waals surface area (Å²) in [5.74, 6) is 0. The van der Waals surface area contributed by atoms with Crippen molar-refractivity contribution in [2.75, 3.05) is 5.73 Å². The quantitative estimate of drug-likeness (QED) is 0.632. The summed E-state index contributed by atoms with van der Waals surface area (Å²) in [5.41, 5.74) is 6.49. The number of nitrogen functional groups attached to an aromatic ring is 1. The largest absolute Gasteiger partial charge is 0.397 e. The van der Waals surface area contributed by atoms with E-state index in [1.165, 1.54) is 0 Å². The molecule has 1 heterocycles. The van der Waals surface area contributed by atoms with Gasteiger partial charge in [0.25, 0.3) is 0 Å². The van der Waals surface area contributed by atoms with Crippen LogP contribution < -0.4 is 5.73 Å². The van der Waals surface area contributed by atoms with E-state index in [0.29, 0.717) is 11.4 Å². The lowest BCUT2D eigenvalue weighted by atomic mass is 10.3. The van der Waals surface area contributed by atoms with Gasteiger partial charge in [-0.3, -0.25) is 4.98 Å². The standard InChI is InChI=1S/C6H8N2O.ClH/c7-5-2-1-3-8-6(5)4-9;/h1-3,9H,4,7H2;1H. The molecule has 0 amide bonds. The van der Waals surface area contributed by atoms with E-state index in [4.69, 9.17) is 10.8 Å². The zero-order valence-electron chi connectivity index (χ0n) is 5.32. The molecule has 1 rings (SSSR count). The summed E-state index contributed by atoms with van der Waals surface area (Å²) in [5, 5.41) is 8.58. The molecule has 0 bridgehead atoms. The van der Waals surface area contributed by atoms with Gasteiger partial charge in [0.1, 0.15) is 0 Å². The Balaban J connectivity index is 0.000000810. The molecule has 0 atom stereocenters. The predicted octanol–water partition coefficient (Wildman–Crippen LogP) is 0.578. The lowest BCUT2D eigenvalue weighted by Gasteiger charge is -1.96. The highest BCUT2D eigenvalue weighted by molar-refractivity contribution is 5.85. The molecule has 0 saturated carbocycles. The van der Waals surface area contributed by atoms with Crippen LogP contribution in [0, 0.1) is 0 Å². The molecule has 10 heavy (non-hydrogen) atoms. The number of aromatic nitrogens is 1. The van der Waals surface area contributed by atoms with Crippen molar-refractivity contribution >= 4 is 18.1 Å². The van der Waals surface area contributed by atoms with E-state index in [2.05, 4.69) is 4.98 Å².